The summed E-state index contributed by atoms with van der Waals surface area (Å²) in [4.78, 5) is 18.5. The van der Waals surface area contributed by atoms with Crippen molar-refractivity contribution >= 4 is 11.6 Å². The van der Waals surface area contributed by atoms with Crippen LogP contribution in [0, 0.1) is 22.9 Å². The molecule has 0 amide bonds. The van der Waals surface area contributed by atoms with Gasteiger partial charge in [-0.25, -0.2) is 14.4 Å². The highest BCUT2D eigenvalue weighted by Gasteiger charge is 2.21. The number of benzene rings is 1. The lowest BCUT2D eigenvalue weighted by Gasteiger charge is -2.08. The number of rotatable bonds is 5. The van der Waals surface area contributed by atoms with Crippen LogP contribution in [0.15, 0.2) is 24.4 Å². The Bertz CT molecular complexity index is 676. The summed E-state index contributed by atoms with van der Waals surface area (Å²) in [6.07, 6.45) is 1.95. The lowest BCUT2D eigenvalue weighted by atomic mass is 10.1. The van der Waals surface area contributed by atoms with Crippen LogP contribution >= 0.6 is 0 Å². The molecule has 1 aromatic heterocycles. The fraction of sp³-hybridized carbons (Fsp3) is 0.286. The van der Waals surface area contributed by atoms with Crippen molar-refractivity contribution < 1.29 is 9.31 Å². The van der Waals surface area contributed by atoms with Gasteiger partial charge < -0.3 is 5.32 Å². The highest BCUT2D eigenvalue weighted by molar-refractivity contribution is 5.71. The molecule has 6 nitrogen and oxygen atoms in total. The first-order valence-corrected chi connectivity index (χ1v) is 6.54. The van der Waals surface area contributed by atoms with Crippen molar-refractivity contribution in [3.8, 4) is 11.3 Å². The number of nitrogens with zero attached hydrogens (tertiary/aromatic N) is 3. The summed E-state index contributed by atoms with van der Waals surface area (Å²) in [6.45, 7) is 4.39. The smallest absolute Gasteiger partial charge is 0.313 e. The Balaban J connectivity index is 2.57. The van der Waals surface area contributed by atoms with E-state index in [0.717, 1.165) is 18.2 Å². The van der Waals surface area contributed by atoms with Crippen LogP contribution in [0.4, 0.5) is 16.0 Å². The van der Waals surface area contributed by atoms with E-state index >= 15 is 0 Å². The van der Waals surface area contributed by atoms with Gasteiger partial charge in [-0.3, -0.25) is 10.1 Å². The van der Waals surface area contributed by atoms with Gasteiger partial charge in [-0.15, -0.1) is 0 Å². The van der Waals surface area contributed by atoms with Gasteiger partial charge in [-0.05, 0) is 25.5 Å². The first-order chi connectivity index (χ1) is 10.0. The Labute approximate surface area is 121 Å². The molecule has 0 bridgehead atoms. The van der Waals surface area contributed by atoms with E-state index in [9.17, 15) is 14.5 Å². The first kappa shape index (κ1) is 14.8. The van der Waals surface area contributed by atoms with Gasteiger partial charge in [0.2, 0.25) is 5.95 Å². The molecule has 0 fully saturated rings. The lowest BCUT2D eigenvalue weighted by molar-refractivity contribution is -0.384. The van der Waals surface area contributed by atoms with E-state index in [1.54, 1.807) is 13.0 Å². The zero-order valence-electron chi connectivity index (χ0n) is 11.8. The molecule has 0 aliphatic rings. The Kier molecular flexibility index (Phi) is 4.42. The van der Waals surface area contributed by atoms with E-state index < -0.39 is 10.7 Å². The van der Waals surface area contributed by atoms with Crippen LogP contribution in [0.1, 0.15) is 18.9 Å². The molecule has 1 N–H and O–H groups in total. The third-order valence-corrected chi connectivity index (χ3v) is 2.88. The van der Waals surface area contributed by atoms with Crippen LogP contribution in [0.2, 0.25) is 0 Å². The molecule has 0 unspecified atom stereocenters. The van der Waals surface area contributed by atoms with Gasteiger partial charge in [0.15, 0.2) is 5.69 Å². The number of hydrogen-bond donors (Lipinski definition) is 1. The predicted molar refractivity (Wildman–Crippen MR) is 77.6 cm³/mol. The molecule has 0 saturated carbocycles. The second kappa shape index (κ2) is 6.25. The third kappa shape index (κ3) is 3.31. The maximum atomic E-state index is 14.0. The average molecular weight is 290 g/mol. The highest BCUT2D eigenvalue weighted by Crippen LogP contribution is 2.30. The number of anilines is 1. The van der Waals surface area contributed by atoms with Crippen LogP contribution < -0.4 is 5.32 Å². The Morgan fingerprint density at radius 3 is 2.86 bits per heavy atom. The minimum atomic E-state index is -0.610. The molecular weight excluding hydrogens is 275 g/mol. The number of aromatic nitrogens is 2. The summed E-state index contributed by atoms with van der Waals surface area (Å²) in [7, 11) is 0. The van der Waals surface area contributed by atoms with Crippen molar-refractivity contribution in [2.75, 3.05) is 11.9 Å². The molecule has 0 aliphatic heterocycles. The summed E-state index contributed by atoms with van der Waals surface area (Å²) in [5.74, 6) is -0.304. The topological polar surface area (TPSA) is 81.0 Å². The number of hydrogen-bond acceptors (Lipinski definition) is 5. The van der Waals surface area contributed by atoms with E-state index in [2.05, 4.69) is 15.3 Å². The van der Waals surface area contributed by atoms with Crippen molar-refractivity contribution in [3.05, 3.63) is 45.9 Å². The predicted octanol–water partition coefficient (Wildman–Crippen LogP) is 3.32. The summed E-state index contributed by atoms with van der Waals surface area (Å²) in [5.41, 5.74) is 0.558. The SMILES string of the molecule is CCCNc1ncc([N+](=O)[O-])c(-c2cc(C)ccc2F)n1. The van der Waals surface area contributed by atoms with Crippen molar-refractivity contribution in [2.24, 2.45) is 0 Å². The van der Waals surface area contributed by atoms with Crippen LogP contribution in [-0.4, -0.2) is 21.4 Å². The minimum Gasteiger partial charge on any atom is -0.354 e. The highest BCUT2D eigenvalue weighted by atomic mass is 19.1. The molecule has 2 aromatic rings. The van der Waals surface area contributed by atoms with E-state index in [1.807, 2.05) is 6.92 Å². The molecule has 0 aliphatic carbocycles. The van der Waals surface area contributed by atoms with Gasteiger partial charge in [0.05, 0.1) is 4.92 Å². The maximum absolute atomic E-state index is 14.0. The second-order valence-electron chi connectivity index (χ2n) is 4.59. The van der Waals surface area contributed by atoms with Gasteiger partial charge in [-0.1, -0.05) is 18.6 Å². The van der Waals surface area contributed by atoms with Crippen LogP contribution in [0.25, 0.3) is 11.3 Å². The van der Waals surface area contributed by atoms with Gasteiger partial charge >= 0.3 is 5.69 Å². The van der Waals surface area contributed by atoms with Crippen LogP contribution in [0.3, 0.4) is 0 Å². The summed E-state index contributed by atoms with van der Waals surface area (Å²) in [5, 5.41) is 14.0. The van der Waals surface area contributed by atoms with E-state index in [-0.39, 0.29) is 22.9 Å². The Morgan fingerprint density at radius 1 is 1.43 bits per heavy atom. The number of nitrogens with one attached hydrogen (secondary N) is 1. The second-order valence-corrected chi connectivity index (χ2v) is 4.59. The molecule has 0 saturated heterocycles. The molecule has 110 valence electrons. The fourth-order valence-corrected chi connectivity index (χ4v) is 1.85. The van der Waals surface area contributed by atoms with E-state index in [1.165, 1.54) is 12.1 Å². The monoisotopic (exact) mass is 290 g/mol. The number of nitro groups is 1. The first-order valence-electron chi connectivity index (χ1n) is 6.54. The van der Waals surface area contributed by atoms with E-state index in [4.69, 9.17) is 0 Å². The lowest BCUT2D eigenvalue weighted by Crippen LogP contribution is -2.07. The van der Waals surface area contributed by atoms with Crippen LogP contribution in [-0.2, 0) is 0 Å². The van der Waals surface area contributed by atoms with Crippen molar-refractivity contribution in [2.45, 2.75) is 20.3 Å². The number of aryl methyl sites for hydroxylation is 1. The molecule has 0 radical (unpaired) electrons. The third-order valence-electron chi connectivity index (χ3n) is 2.88. The molecule has 21 heavy (non-hydrogen) atoms. The molecule has 7 heteroatoms. The molecular formula is C14H15FN4O2. The quantitative estimate of drug-likeness (QED) is 0.674. The summed E-state index contributed by atoms with van der Waals surface area (Å²) in [6, 6.07) is 4.41. The van der Waals surface area contributed by atoms with Gasteiger partial charge in [0, 0.05) is 12.1 Å². The van der Waals surface area contributed by atoms with Crippen LogP contribution in [0.5, 0.6) is 0 Å². The van der Waals surface area contributed by atoms with Crippen molar-refractivity contribution in [3.63, 3.8) is 0 Å². The summed E-state index contributed by atoms with van der Waals surface area (Å²) >= 11 is 0. The molecule has 2 rings (SSSR count). The Hall–Kier alpha value is -2.57. The Morgan fingerprint density at radius 2 is 2.19 bits per heavy atom. The van der Waals surface area contributed by atoms with Crippen molar-refractivity contribution in [1.82, 2.24) is 9.97 Å². The van der Waals surface area contributed by atoms with Crippen molar-refractivity contribution in [1.29, 1.82) is 0 Å². The molecule has 0 spiro atoms. The van der Waals surface area contributed by atoms with Gasteiger partial charge in [0.25, 0.3) is 0 Å². The van der Waals surface area contributed by atoms with Gasteiger partial charge in [0.1, 0.15) is 12.0 Å². The molecule has 1 heterocycles. The van der Waals surface area contributed by atoms with E-state index in [0.29, 0.717) is 6.54 Å². The largest absolute Gasteiger partial charge is 0.354 e. The molecule has 1 aromatic carbocycles. The zero-order chi connectivity index (χ0) is 15.4. The average Bonchev–Trinajstić information content (AvgIpc) is 2.47. The standard InChI is InChI=1S/C14H15FN4O2/c1-3-6-16-14-17-8-12(19(20)21)13(18-14)10-7-9(2)4-5-11(10)15/h4-5,7-8H,3,6H2,1-2H3,(H,16,17,18). The van der Waals surface area contributed by atoms with Gasteiger partial charge in [-0.2, -0.15) is 0 Å². The summed E-state index contributed by atoms with van der Waals surface area (Å²) < 4.78 is 14.0. The minimum absolute atomic E-state index is 0.0187. The number of halogens is 1. The molecule has 0 atom stereocenters. The fourth-order valence-electron chi connectivity index (χ4n) is 1.85. The maximum Gasteiger partial charge on any atom is 0.313 e. The zero-order valence-corrected chi connectivity index (χ0v) is 11.8. The normalized spacial score (nSPS) is 10.4.